The van der Waals surface area contributed by atoms with Crippen LogP contribution in [0.25, 0.3) is 0 Å². The van der Waals surface area contributed by atoms with Crippen LogP contribution in [0.4, 0.5) is 0 Å². The number of hydrogen-bond donors (Lipinski definition) is 3. The molecule has 0 aromatic carbocycles. The molecule has 0 saturated carbocycles. The molecule has 0 heterocycles. The van der Waals surface area contributed by atoms with Crippen LogP contribution in [0, 0.1) is 5.92 Å². The maximum atomic E-state index is 12.2. The third kappa shape index (κ3) is 38.8. The molecular weight excluding hydrogens is 664 g/mol. The average molecular weight is 743 g/mol. The lowest BCUT2D eigenvalue weighted by Gasteiger charge is -2.15. The van der Waals surface area contributed by atoms with Crippen LogP contribution in [0.3, 0.4) is 0 Å². The Hall–Kier alpha value is -2.74. The van der Waals surface area contributed by atoms with E-state index in [-0.39, 0.29) is 19.0 Å². The Kier molecular flexibility index (Phi) is 37.0. The summed E-state index contributed by atoms with van der Waals surface area (Å²) in [5.74, 6) is 0.0844. The molecule has 7 heteroatoms. The van der Waals surface area contributed by atoms with Crippen LogP contribution >= 0.6 is 0 Å². The van der Waals surface area contributed by atoms with E-state index in [1.54, 1.807) is 24.3 Å². The number of aliphatic hydroxyl groups excluding tert-OH is 3. The minimum atomic E-state index is -0.851. The molecule has 3 atom stereocenters. The fourth-order valence-electron chi connectivity index (χ4n) is 5.65. The van der Waals surface area contributed by atoms with Gasteiger partial charge in [0.05, 0.1) is 18.8 Å². The lowest BCUT2D eigenvalue weighted by Crippen LogP contribution is -2.28. The fraction of sp³-hybridized carbons (Fsp3) is 0.696. The summed E-state index contributed by atoms with van der Waals surface area (Å²) in [7, 11) is 0. The summed E-state index contributed by atoms with van der Waals surface area (Å²) in [5.41, 5.74) is 0. The Morgan fingerprint density at radius 1 is 0.585 bits per heavy atom. The van der Waals surface area contributed by atoms with Gasteiger partial charge < -0.3 is 24.8 Å². The predicted octanol–water partition coefficient (Wildman–Crippen LogP) is 11.1. The highest BCUT2D eigenvalue weighted by atomic mass is 16.6. The molecule has 0 fully saturated rings. The fourth-order valence-corrected chi connectivity index (χ4v) is 5.65. The number of carbonyl (C=O) groups is 2. The minimum Gasteiger partial charge on any atom is -0.462 e. The van der Waals surface area contributed by atoms with E-state index in [1.807, 2.05) is 48.6 Å². The van der Waals surface area contributed by atoms with Crippen molar-refractivity contribution < 1.29 is 34.4 Å². The molecule has 0 amide bonds. The number of rotatable bonds is 36. The summed E-state index contributed by atoms with van der Waals surface area (Å²) < 4.78 is 10.5. The molecule has 0 aliphatic rings. The molecule has 304 valence electrons. The van der Waals surface area contributed by atoms with Gasteiger partial charge in [0, 0.05) is 12.8 Å². The van der Waals surface area contributed by atoms with E-state index in [0.717, 1.165) is 31.6 Å². The highest BCUT2D eigenvalue weighted by Crippen LogP contribution is 2.15. The maximum absolute atomic E-state index is 12.2. The second-order valence-corrected chi connectivity index (χ2v) is 14.6. The van der Waals surface area contributed by atoms with E-state index >= 15 is 0 Å². The number of ether oxygens (including phenoxy) is 2. The first-order valence-electron chi connectivity index (χ1n) is 21.1. The normalized spacial score (nSPS) is 14.2. The third-order valence-corrected chi connectivity index (χ3v) is 8.87. The Morgan fingerprint density at radius 2 is 1.08 bits per heavy atom. The number of carbonyl (C=O) groups excluding carboxylic acids is 2. The van der Waals surface area contributed by atoms with Crippen molar-refractivity contribution >= 4 is 11.9 Å². The number of aliphatic hydroxyl groups is 3. The van der Waals surface area contributed by atoms with Crippen LogP contribution in [0.2, 0.25) is 0 Å². The van der Waals surface area contributed by atoms with E-state index in [9.17, 15) is 24.9 Å². The molecule has 0 aromatic heterocycles. The van der Waals surface area contributed by atoms with Crippen molar-refractivity contribution in [1.82, 2.24) is 0 Å². The minimum absolute atomic E-state index is 0.129. The Morgan fingerprint density at radius 3 is 1.58 bits per heavy atom. The van der Waals surface area contributed by atoms with E-state index < -0.39 is 30.9 Å². The molecule has 7 nitrogen and oxygen atoms in total. The average Bonchev–Trinajstić information content (AvgIpc) is 3.13. The number of unbranched alkanes of at least 4 members (excludes halogenated alkanes) is 14. The van der Waals surface area contributed by atoms with Crippen LogP contribution in [0.15, 0.2) is 72.9 Å². The van der Waals surface area contributed by atoms with E-state index in [4.69, 9.17) is 9.47 Å². The zero-order chi connectivity index (χ0) is 39.0. The standard InChI is InChI=1S/C46H78O7/c1-4-5-25-33-42(48)35-28-23-24-29-36-43(49)34-27-20-17-18-22-31-38-46(51)53-44(39-47)40-52-45(50)37-30-21-16-14-12-10-8-6-7-9-11-13-15-19-26-32-41(2)3/h5,18,20,22-25,27-29,35-36,41-44,47-49H,4,6-17,19,21,26,30-34,37-40H2,1-3H3/b22-18-,24-23-,25-5-,27-20-,35-28+,36-29+/t42-,43+,44-/m0/s1. The molecule has 0 saturated heterocycles. The largest absolute Gasteiger partial charge is 0.462 e. The van der Waals surface area contributed by atoms with E-state index in [2.05, 4.69) is 20.8 Å². The SMILES string of the molecule is CC/C=C\C[C@H](O)/C=C/C=C\C=C\[C@H](O)C/C=C\C/C=C\CCC(=O)O[C@@H](CO)COC(=O)CCCCCCCCCCCCCCCCCC(C)C. The topological polar surface area (TPSA) is 113 Å². The van der Waals surface area contributed by atoms with E-state index in [1.165, 1.54) is 83.5 Å². The predicted molar refractivity (Wildman–Crippen MR) is 221 cm³/mol. The molecule has 0 bridgehead atoms. The number of esters is 2. The molecule has 0 aromatic rings. The number of allylic oxidation sites excluding steroid dienone is 8. The summed E-state index contributed by atoms with van der Waals surface area (Å²) >= 11 is 0. The van der Waals surface area contributed by atoms with Gasteiger partial charge in [0.25, 0.3) is 0 Å². The third-order valence-electron chi connectivity index (χ3n) is 8.87. The second-order valence-electron chi connectivity index (χ2n) is 14.6. The van der Waals surface area contributed by atoms with Crippen LogP contribution < -0.4 is 0 Å². The van der Waals surface area contributed by atoms with Crippen LogP contribution in [0.1, 0.15) is 168 Å². The molecule has 0 rings (SSSR count). The second kappa shape index (κ2) is 39.0. The van der Waals surface area contributed by atoms with Gasteiger partial charge in [0.1, 0.15) is 6.61 Å². The van der Waals surface area contributed by atoms with Gasteiger partial charge in [0.2, 0.25) is 0 Å². The van der Waals surface area contributed by atoms with Gasteiger partial charge in [-0.25, -0.2) is 0 Å². The van der Waals surface area contributed by atoms with Crippen molar-refractivity contribution in [3.63, 3.8) is 0 Å². The summed E-state index contributed by atoms with van der Waals surface area (Å²) in [6.07, 6.45) is 44.7. The first-order chi connectivity index (χ1) is 25.8. The van der Waals surface area contributed by atoms with Crippen LogP contribution in [-0.2, 0) is 19.1 Å². The maximum Gasteiger partial charge on any atom is 0.306 e. The Balaban J connectivity index is 3.79. The first-order valence-corrected chi connectivity index (χ1v) is 21.1. The summed E-state index contributed by atoms with van der Waals surface area (Å²) in [6.45, 7) is 6.15. The van der Waals surface area contributed by atoms with Crippen LogP contribution in [-0.4, -0.2) is 58.8 Å². The summed E-state index contributed by atoms with van der Waals surface area (Å²) in [4.78, 5) is 24.3. The molecule has 3 N–H and O–H groups in total. The van der Waals surface area contributed by atoms with Gasteiger partial charge in [-0.15, -0.1) is 0 Å². The summed E-state index contributed by atoms with van der Waals surface area (Å²) in [6, 6.07) is 0. The van der Waals surface area contributed by atoms with Crippen LogP contribution in [0.5, 0.6) is 0 Å². The lowest BCUT2D eigenvalue weighted by atomic mass is 10.0. The molecule has 53 heavy (non-hydrogen) atoms. The molecule has 0 radical (unpaired) electrons. The van der Waals surface area contributed by atoms with Crippen molar-refractivity contribution in [2.75, 3.05) is 13.2 Å². The zero-order valence-electron chi connectivity index (χ0n) is 33.9. The van der Waals surface area contributed by atoms with Crippen molar-refractivity contribution in [3.05, 3.63) is 72.9 Å². The first kappa shape index (κ1) is 50.3. The van der Waals surface area contributed by atoms with Gasteiger partial charge >= 0.3 is 11.9 Å². The molecule has 0 aliphatic heterocycles. The summed E-state index contributed by atoms with van der Waals surface area (Å²) in [5, 5.41) is 29.4. The smallest absolute Gasteiger partial charge is 0.306 e. The molecule has 0 unspecified atom stereocenters. The van der Waals surface area contributed by atoms with Gasteiger partial charge in [-0.1, -0.05) is 190 Å². The van der Waals surface area contributed by atoms with Gasteiger partial charge in [-0.05, 0) is 44.4 Å². The Bertz CT molecular complexity index is 1020. The van der Waals surface area contributed by atoms with Crippen molar-refractivity contribution in [3.8, 4) is 0 Å². The highest BCUT2D eigenvalue weighted by molar-refractivity contribution is 5.70. The zero-order valence-corrected chi connectivity index (χ0v) is 33.9. The monoisotopic (exact) mass is 743 g/mol. The van der Waals surface area contributed by atoms with Gasteiger partial charge in [-0.2, -0.15) is 0 Å². The van der Waals surface area contributed by atoms with E-state index in [0.29, 0.717) is 32.1 Å². The van der Waals surface area contributed by atoms with Gasteiger partial charge in [0.15, 0.2) is 6.10 Å². The van der Waals surface area contributed by atoms with Crippen molar-refractivity contribution in [1.29, 1.82) is 0 Å². The van der Waals surface area contributed by atoms with Crippen molar-refractivity contribution in [2.24, 2.45) is 5.92 Å². The quantitative estimate of drug-likeness (QED) is 0.0253. The molecular formula is C46H78O7. The lowest BCUT2D eigenvalue weighted by molar-refractivity contribution is -0.161. The van der Waals surface area contributed by atoms with Gasteiger partial charge in [-0.3, -0.25) is 9.59 Å². The molecule has 0 spiro atoms. The Labute approximate surface area is 324 Å². The highest BCUT2D eigenvalue weighted by Gasteiger charge is 2.15. The molecule has 0 aliphatic carbocycles. The number of hydrogen-bond acceptors (Lipinski definition) is 7. The van der Waals surface area contributed by atoms with Crippen molar-refractivity contribution in [2.45, 2.75) is 187 Å².